The third-order valence-electron chi connectivity index (χ3n) is 2.37. The second-order valence-electron chi connectivity index (χ2n) is 3.57. The van der Waals surface area contributed by atoms with E-state index in [-0.39, 0.29) is 0 Å². The van der Waals surface area contributed by atoms with Crippen molar-refractivity contribution in [3.8, 4) is 5.75 Å². The molecule has 1 aliphatic rings. The molecule has 0 aromatic carbocycles. The van der Waals surface area contributed by atoms with E-state index in [4.69, 9.17) is 4.74 Å². The lowest BCUT2D eigenvalue weighted by Crippen LogP contribution is -1.84. The van der Waals surface area contributed by atoms with Crippen LogP contribution < -0.4 is 4.74 Å². The van der Waals surface area contributed by atoms with Crippen molar-refractivity contribution in [2.24, 2.45) is 4.99 Å². The van der Waals surface area contributed by atoms with Crippen LogP contribution in [0.1, 0.15) is 19.5 Å². The molecule has 0 unspecified atom stereocenters. The van der Waals surface area contributed by atoms with Gasteiger partial charge in [0.15, 0.2) is 0 Å². The largest absolute Gasteiger partial charge is 0.495 e. The molecule has 0 radical (unpaired) electrons. The van der Waals surface area contributed by atoms with Crippen LogP contribution in [0.5, 0.6) is 5.75 Å². The molecule has 2 rings (SSSR count). The standard InChI is InChI=1S/C12H14N2O/c1-8-6-9(2)14-10(8)7-11-12(15-3)4-5-13-11/h4-7,13H,1-3H3. The molecule has 0 saturated heterocycles. The minimum atomic E-state index is 0.843. The maximum Gasteiger partial charge on any atom is 0.143 e. The summed E-state index contributed by atoms with van der Waals surface area (Å²) in [7, 11) is 1.66. The first-order valence-electron chi connectivity index (χ1n) is 4.87. The number of rotatable bonds is 2. The van der Waals surface area contributed by atoms with E-state index in [9.17, 15) is 0 Å². The summed E-state index contributed by atoms with van der Waals surface area (Å²) in [5, 5.41) is 0. The number of H-pyrrole nitrogens is 1. The van der Waals surface area contributed by atoms with E-state index >= 15 is 0 Å². The predicted octanol–water partition coefficient (Wildman–Crippen LogP) is 2.79. The SMILES string of the molecule is COc1cc[nH]c1C=C1N=C(C)C=C1C. The number of aromatic nitrogens is 1. The van der Waals surface area contributed by atoms with Gasteiger partial charge in [-0.2, -0.15) is 0 Å². The summed E-state index contributed by atoms with van der Waals surface area (Å²) in [5.74, 6) is 0.843. The Morgan fingerprint density at radius 2 is 2.20 bits per heavy atom. The van der Waals surface area contributed by atoms with Crippen LogP contribution in [0.4, 0.5) is 0 Å². The van der Waals surface area contributed by atoms with Crippen LogP contribution in [0.15, 0.2) is 34.6 Å². The van der Waals surface area contributed by atoms with Crippen molar-refractivity contribution < 1.29 is 4.74 Å². The van der Waals surface area contributed by atoms with E-state index in [1.165, 1.54) is 5.57 Å². The van der Waals surface area contributed by atoms with E-state index in [0.717, 1.165) is 22.9 Å². The van der Waals surface area contributed by atoms with Crippen molar-refractivity contribution in [1.82, 2.24) is 4.98 Å². The first kappa shape index (κ1) is 9.77. The summed E-state index contributed by atoms with van der Waals surface area (Å²) in [6.45, 7) is 4.05. The molecule has 0 atom stereocenters. The predicted molar refractivity (Wildman–Crippen MR) is 62.2 cm³/mol. The molecule has 1 N–H and O–H groups in total. The Morgan fingerprint density at radius 1 is 1.40 bits per heavy atom. The van der Waals surface area contributed by atoms with Crippen molar-refractivity contribution in [2.45, 2.75) is 13.8 Å². The van der Waals surface area contributed by atoms with E-state index in [1.54, 1.807) is 7.11 Å². The fourth-order valence-electron chi connectivity index (χ4n) is 1.64. The lowest BCUT2D eigenvalue weighted by molar-refractivity contribution is 0.414. The van der Waals surface area contributed by atoms with Crippen molar-refractivity contribution in [3.05, 3.63) is 35.3 Å². The maximum absolute atomic E-state index is 5.21. The number of hydrogen-bond donors (Lipinski definition) is 1. The highest BCUT2D eigenvalue weighted by Crippen LogP contribution is 2.25. The van der Waals surface area contributed by atoms with Gasteiger partial charge in [0.05, 0.1) is 18.5 Å². The summed E-state index contributed by atoms with van der Waals surface area (Å²) in [4.78, 5) is 7.55. The monoisotopic (exact) mass is 202 g/mol. The van der Waals surface area contributed by atoms with Gasteiger partial charge < -0.3 is 9.72 Å². The Balaban J connectivity index is 2.36. The van der Waals surface area contributed by atoms with Crippen molar-refractivity contribution >= 4 is 11.8 Å². The minimum absolute atomic E-state index is 0.843. The van der Waals surface area contributed by atoms with Crippen LogP contribution in [0.3, 0.4) is 0 Å². The quantitative estimate of drug-likeness (QED) is 0.786. The number of aliphatic imine (C=N–C) groups is 1. The first-order chi connectivity index (χ1) is 7.20. The molecule has 0 amide bonds. The first-order valence-corrected chi connectivity index (χ1v) is 4.87. The molecule has 0 spiro atoms. The van der Waals surface area contributed by atoms with Crippen molar-refractivity contribution in [2.75, 3.05) is 7.11 Å². The molecular formula is C12H14N2O. The zero-order valence-electron chi connectivity index (χ0n) is 9.16. The summed E-state index contributed by atoms with van der Waals surface area (Å²) in [6.07, 6.45) is 5.93. The van der Waals surface area contributed by atoms with Gasteiger partial charge in [0.1, 0.15) is 5.75 Å². The number of allylic oxidation sites excluding steroid dienone is 2. The number of ether oxygens (including phenoxy) is 1. The molecule has 1 aromatic rings. The van der Waals surface area contributed by atoms with Gasteiger partial charge in [0.2, 0.25) is 0 Å². The molecule has 3 nitrogen and oxygen atoms in total. The average molecular weight is 202 g/mol. The van der Waals surface area contributed by atoms with E-state index in [1.807, 2.05) is 25.3 Å². The van der Waals surface area contributed by atoms with E-state index in [0.29, 0.717) is 0 Å². The average Bonchev–Trinajstić information content (AvgIpc) is 2.74. The van der Waals surface area contributed by atoms with Gasteiger partial charge in [0.25, 0.3) is 0 Å². The molecular weight excluding hydrogens is 188 g/mol. The second-order valence-corrected chi connectivity index (χ2v) is 3.57. The normalized spacial score (nSPS) is 17.9. The van der Waals surface area contributed by atoms with Crippen LogP contribution >= 0.6 is 0 Å². The van der Waals surface area contributed by atoms with E-state index in [2.05, 4.69) is 23.0 Å². The fraction of sp³-hybridized carbons (Fsp3) is 0.250. The molecule has 1 aliphatic heterocycles. The highest BCUT2D eigenvalue weighted by Gasteiger charge is 2.09. The second kappa shape index (κ2) is 3.77. The van der Waals surface area contributed by atoms with Gasteiger partial charge >= 0.3 is 0 Å². The van der Waals surface area contributed by atoms with Crippen LogP contribution in [-0.2, 0) is 0 Å². The fourth-order valence-corrected chi connectivity index (χ4v) is 1.64. The topological polar surface area (TPSA) is 37.4 Å². The minimum Gasteiger partial charge on any atom is -0.495 e. The molecule has 0 aliphatic carbocycles. The third kappa shape index (κ3) is 1.86. The van der Waals surface area contributed by atoms with Crippen molar-refractivity contribution in [1.29, 1.82) is 0 Å². The molecule has 0 fully saturated rings. The van der Waals surface area contributed by atoms with E-state index < -0.39 is 0 Å². The third-order valence-corrected chi connectivity index (χ3v) is 2.37. The molecule has 1 aromatic heterocycles. The molecule has 0 saturated carbocycles. The Kier molecular flexibility index (Phi) is 2.46. The lowest BCUT2D eigenvalue weighted by atomic mass is 10.2. The lowest BCUT2D eigenvalue weighted by Gasteiger charge is -1.99. The zero-order valence-corrected chi connectivity index (χ0v) is 9.16. The van der Waals surface area contributed by atoms with Crippen LogP contribution in [0.2, 0.25) is 0 Å². The summed E-state index contributed by atoms with van der Waals surface area (Å²) >= 11 is 0. The highest BCUT2D eigenvalue weighted by atomic mass is 16.5. The van der Waals surface area contributed by atoms with Crippen LogP contribution in [-0.4, -0.2) is 17.8 Å². The maximum atomic E-state index is 5.21. The van der Waals surface area contributed by atoms with Crippen LogP contribution in [0.25, 0.3) is 6.08 Å². The summed E-state index contributed by atoms with van der Waals surface area (Å²) in [5.41, 5.74) is 4.18. The highest BCUT2D eigenvalue weighted by molar-refractivity contribution is 5.98. The van der Waals surface area contributed by atoms with Gasteiger partial charge in [0, 0.05) is 11.9 Å². The van der Waals surface area contributed by atoms with Gasteiger partial charge in [-0.3, -0.25) is 4.99 Å². The molecule has 0 bridgehead atoms. The smallest absolute Gasteiger partial charge is 0.143 e. The Morgan fingerprint density at radius 3 is 2.80 bits per heavy atom. The number of nitrogens with one attached hydrogen (secondary N) is 1. The molecule has 15 heavy (non-hydrogen) atoms. The number of aromatic amines is 1. The Bertz CT molecular complexity index is 464. The van der Waals surface area contributed by atoms with Crippen LogP contribution in [0, 0.1) is 0 Å². The summed E-state index contributed by atoms with van der Waals surface area (Å²) < 4.78 is 5.21. The van der Waals surface area contributed by atoms with Gasteiger partial charge in [-0.1, -0.05) is 0 Å². The molecule has 2 heterocycles. The van der Waals surface area contributed by atoms with Gasteiger partial charge in [-0.15, -0.1) is 0 Å². The zero-order chi connectivity index (χ0) is 10.8. The number of nitrogens with zero attached hydrogens (tertiary/aromatic N) is 1. The number of hydrogen-bond acceptors (Lipinski definition) is 2. The Labute approximate surface area is 89.2 Å². The Hall–Kier alpha value is -1.77. The number of methoxy groups -OCH3 is 1. The summed E-state index contributed by atoms with van der Waals surface area (Å²) in [6, 6.07) is 1.90. The molecule has 78 valence electrons. The molecule has 3 heteroatoms. The van der Waals surface area contributed by atoms with Gasteiger partial charge in [-0.05, 0) is 37.6 Å². The van der Waals surface area contributed by atoms with Crippen molar-refractivity contribution in [3.63, 3.8) is 0 Å². The van der Waals surface area contributed by atoms with Gasteiger partial charge in [-0.25, -0.2) is 0 Å².